The van der Waals surface area contributed by atoms with Crippen LogP contribution in [0.2, 0.25) is 0 Å². The van der Waals surface area contributed by atoms with Crippen molar-refractivity contribution in [3.63, 3.8) is 0 Å². The van der Waals surface area contributed by atoms with E-state index >= 15 is 0 Å². The second-order valence-electron chi connectivity index (χ2n) is 4.85. The summed E-state index contributed by atoms with van der Waals surface area (Å²) in [7, 11) is 1.44. The fourth-order valence-electron chi connectivity index (χ4n) is 2.45. The molecule has 3 rings (SSSR count). The van der Waals surface area contributed by atoms with E-state index in [1.807, 2.05) is 0 Å². The quantitative estimate of drug-likeness (QED) is 0.887. The van der Waals surface area contributed by atoms with Crippen LogP contribution in [-0.2, 0) is 0 Å². The van der Waals surface area contributed by atoms with Gasteiger partial charge in [0.05, 0.1) is 13.5 Å². The summed E-state index contributed by atoms with van der Waals surface area (Å²) in [5.74, 6) is 0.636. The zero-order valence-electron chi connectivity index (χ0n) is 11.4. The van der Waals surface area contributed by atoms with Crippen molar-refractivity contribution in [3.05, 3.63) is 47.5 Å². The number of phenolic OH excluding ortho intramolecular Hbond substituents is 2. The number of methoxy groups -OCH3 is 1. The van der Waals surface area contributed by atoms with Crippen LogP contribution < -0.4 is 9.47 Å². The van der Waals surface area contributed by atoms with Gasteiger partial charge in [-0.3, -0.25) is 4.79 Å². The zero-order chi connectivity index (χ0) is 15.0. The SMILES string of the molecule is COc1cc(O)cc2c1C(=O)CC(c1ccc(O)cc1)O2. The van der Waals surface area contributed by atoms with Crippen LogP contribution in [0.15, 0.2) is 36.4 Å². The average molecular weight is 286 g/mol. The predicted molar refractivity (Wildman–Crippen MR) is 75.1 cm³/mol. The Balaban J connectivity index is 2.00. The van der Waals surface area contributed by atoms with Gasteiger partial charge in [-0.15, -0.1) is 0 Å². The first-order valence-corrected chi connectivity index (χ1v) is 6.48. The number of benzene rings is 2. The highest BCUT2D eigenvalue weighted by Crippen LogP contribution is 2.42. The maximum absolute atomic E-state index is 12.3. The number of phenols is 2. The summed E-state index contributed by atoms with van der Waals surface area (Å²) < 4.78 is 10.9. The van der Waals surface area contributed by atoms with Crippen LogP contribution in [0.1, 0.15) is 28.4 Å². The van der Waals surface area contributed by atoms with E-state index in [1.54, 1.807) is 24.3 Å². The first-order chi connectivity index (χ1) is 10.1. The summed E-state index contributed by atoms with van der Waals surface area (Å²) >= 11 is 0. The van der Waals surface area contributed by atoms with E-state index in [0.717, 1.165) is 5.56 Å². The van der Waals surface area contributed by atoms with Gasteiger partial charge in [0.1, 0.15) is 34.7 Å². The predicted octanol–water partition coefficient (Wildman–Crippen LogP) is 2.81. The molecule has 1 atom stereocenters. The summed E-state index contributed by atoms with van der Waals surface area (Å²) in [5.41, 5.74) is 1.14. The summed E-state index contributed by atoms with van der Waals surface area (Å²) in [6.07, 6.45) is -0.268. The molecule has 0 amide bonds. The third-order valence-corrected chi connectivity index (χ3v) is 3.45. The highest BCUT2D eigenvalue weighted by Gasteiger charge is 2.31. The van der Waals surface area contributed by atoms with Crippen molar-refractivity contribution >= 4 is 5.78 Å². The highest BCUT2D eigenvalue weighted by atomic mass is 16.5. The van der Waals surface area contributed by atoms with Crippen LogP contribution in [0.5, 0.6) is 23.0 Å². The molecule has 2 aromatic carbocycles. The number of hydrogen-bond acceptors (Lipinski definition) is 5. The van der Waals surface area contributed by atoms with Gasteiger partial charge in [0.15, 0.2) is 5.78 Å². The van der Waals surface area contributed by atoms with Crippen molar-refractivity contribution < 1.29 is 24.5 Å². The molecule has 0 saturated carbocycles. The molecule has 21 heavy (non-hydrogen) atoms. The molecule has 0 spiro atoms. The topological polar surface area (TPSA) is 76.0 Å². The molecule has 0 radical (unpaired) electrons. The molecule has 0 aliphatic carbocycles. The summed E-state index contributed by atoms with van der Waals surface area (Å²) in [5, 5.41) is 19.0. The summed E-state index contributed by atoms with van der Waals surface area (Å²) in [6.45, 7) is 0. The number of fused-ring (bicyclic) bond motifs is 1. The van der Waals surface area contributed by atoms with Crippen LogP contribution in [0.3, 0.4) is 0 Å². The molecule has 0 bridgehead atoms. The van der Waals surface area contributed by atoms with E-state index in [9.17, 15) is 15.0 Å². The van der Waals surface area contributed by atoms with Crippen LogP contribution in [0.4, 0.5) is 0 Å². The van der Waals surface area contributed by atoms with E-state index in [0.29, 0.717) is 17.1 Å². The lowest BCUT2D eigenvalue weighted by Crippen LogP contribution is -2.21. The molecule has 2 N–H and O–H groups in total. The largest absolute Gasteiger partial charge is 0.508 e. The second-order valence-corrected chi connectivity index (χ2v) is 4.85. The van der Waals surface area contributed by atoms with E-state index in [1.165, 1.54) is 19.2 Å². The Kier molecular flexibility index (Phi) is 3.17. The Morgan fingerprint density at radius 3 is 2.52 bits per heavy atom. The van der Waals surface area contributed by atoms with E-state index in [2.05, 4.69) is 0 Å². The normalized spacial score (nSPS) is 17.0. The van der Waals surface area contributed by atoms with Gasteiger partial charge in [0.2, 0.25) is 0 Å². The van der Waals surface area contributed by atoms with E-state index in [4.69, 9.17) is 9.47 Å². The van der Waals surface area contributed by atoms with Gasteiger partial charge in [0.25, 0.3) is 0 Å². The maximum Gasteiger partial charge on any atom is 0.174 e. The van der Waals surface area contributed by atoms with Crippen LogP contribution in [0, 0.1) is 0 Å². The third kappa shape index (κ3) is 2.38. The Bertz CT molecular complexity index is 691. The molecule has 0 fully saturated rings. The molecular formula is C16H14O5. The molecule has 0 aromatic heterocycles. The molecule has 1 heterocycles. The van der Waals surface area contributed by atoms with Crippen molar-refractivity contribution in [2.45, 2.75) is 12.5 Å². The molecule has 1 aliphatic heterocycles. The molecule has 2 aromatic rings. The van der Waals surface area contributed by atoms with E-state index < -0.39 is 6.10 Å². The summed E-state index contributed by atoms with van der Waals surface area (Å²) in [6, 6.07) is 9.30. The van der Waals surface area contributed by atoms with Crippen molar-refractivity contribution in [2.75, 3.05) is 7.11 Å². The highest BCUT2D eigenvalue weighted by molar-refractivity contribution is 6.02. The third-order valence-electron chi connectivity index (χ3n) is 3.45. The fourth-order valence-corrected chi connectivity index (χ4v) is 2.45. The van der Waals surface area contributed by atoms with Gasteiger partial charge in [-0.05, 0) is 17.7 Å². The number of aromatic hydroxyl groups is 2. The number of hydrogen-bond donors (Lipinski definition) is 2. The minimum Gasteiger partial charge on any atom is -0.508 e. The smallest absolute Gasteiger partial charge is 0.174 e. The van der Waals surface area contributed by atoms with Crippen LogP contribution >= 0.6 is 0 Å². The van der Waals surface area contributed by atoms with Gasteiger partial charge < -0.3 is 19.7 Å². The monoisotopic (exact) mass is 286 g/mol. The molecular weight excluding hydrogens is 272 g/mol. The maximum atomic E-state index is 12.3. The van der Waals surface area contributed by atoms with Gasteiger partial charge in [-0.1, -0.05) is 12.1 Å². The van der Waals surface area contributed by atoms with Crippen LogP contribution in [0.25, 0.3) is 0 Å². The first-order valence-electron chi connectivity index (χ1n) is 6.48. The van der Waals surface area contributed by atoms with Crippen molar-refractivity contribution in [1.29, 1.82) is 0 Å². The molecule has 1 unspecified atom stereocenters. The number of Topliss-reactive ketones (excluding diaryl/α,β-unsaturated/α-hetero) is 1. The van der Waals surface area contributed by atoms with Crippen molar-refractivity contribution in [3.8, 4) is 23.0 Å². The molecule has 5 heteroatoms. The van der Waals surface area contributed by atoms with Gasteiger partial charge in [-0.2, -0.15) is 0 Å². The standard InChI is InChI=1S/C16H14O5/c1-20-14-6-11(18)7-15-16(14)12(19)8-13(21-15)9-2-4-10(17)5-3-9/h2-7,13,17-18H,8H2,1H3. The molecule has 0 saturated heterocycles. The minimum atomic E-state index is -0.447. The molecule has 108 valence electrons. The number of ketones is 1. The van der Waals surface area contributed by atoms with Gasteiger partial charge in [-0.25, -0.2) is 0 Å². The lowest BCUT2D eigenvalue weighted by molar-refractivity contribution is 0.0844. The lowest BCUT2D eigenvalue weighted by Gasteiger charge is -2.26. The van der Waals surface area contributed by atoms with Crippen molar-refractivity contribution in [1.82, 2.24) is 0 Å². The number of carbonyl (C=O) groups is 1. The second kappa shape index (κ2) is 5.01. The van der Waals surface area contributed by atoms with Gasteiger partial charge >= 0.3 is 0 Å². The van der Waals surface area contributed by atoms with Gasteiger partial charge in [0, 0.05) is 12.1 Å². The molecule has 1 aliphatic rings. The zero-order valence-corrected chi connectivity index (χ0v) is 11.4. The first kappa shape index (κ1) is 13.3. The number of rotatable bonds is 2. The number of ether oxygens (including phenoxy) is 2. The lowest BCUT2D eigenvalue weighted by atomic mass is 9.95. The number of carbonyl (C=O) groups excluding carboxylic acids is 1. The molecule has 5 nitrogen and oxygen atoms in total. The Labute approximate surface area is 121 Å². The van der Waals surface area contributed by atoms with Crippen molar-refractivity contribution in [2.24, 2.45) is 0 Å². The van der Waals surface area contributed by atoms with Crippen LogP contribution in [-0.4, -0.2) is 23.1 Å². The fraction of sp³-hybridized carbons (Fsp3) is 0.188. The minimum absolute atomic E-state index is 0.0234. The Hall–Kier alpha value is -2.69. The Morgan fingerprint density at radius 1 is 1.14 bits per heavy atom. The van der Waals surface area contributed by atoms with E-state index in [-0.39, 0.29) is 23.7 Å². The summed E-state index contributed by atoms with van der Waals surface area (Å²) in [4.78, 5) is 12.3. The average Bonchev–Trinajstić information content (AvgIpc) is 2.46. The Morgan fingerprint density at radius 2 is 1.86 bits per heavy atom.